The molecule has 0 saturated carbocycles. The zero-order valence-electron chi connectivity index (χ0n) is 15.2. The third-order valence-corrected chi connectivity index (χ3v) is 4.33. The lowest BCUT2D eigenvalue weighted by atomic mass is 10.1. The Kier molecular flexibility index (Phi) is 5.40. The quantitative estimate of drug-likeness (QED) is 0.867. The molecule has 0 aromatic heterocycles. The highest BCUT2D eigenvalue weighted by Gasteiger charge is 2.29. The minimum absolute atomic E-state index is 0.129. The number of fused-ring (bicyclic) bond motifs is 1. The molecule has 3 rings (SSSR count). The maximum Gasteiger partial charge on any atom is 0.265 e. The standard InChI is InChI=1S/C20H21N3O4/c1-13-11-18(24)22-16-5-3-4-6-17(16)23(13)19(25)12-27-15-9-7-14(8-10-15)20(26)21-2/h3-10,13H,11-12H2,1-2H3,(H,21,26)(H,22,24). The average Bonchev–Trinajstić information content (AvgIpc) is 2.80. The SMILES string of the molecule is CNC(=O)c1ccc(OCC(=O)N2c3ccccc3NC(=O)CC2C)cc1. The monoisotopic (exact) mass is 367 g/mol. The normalized spacial score (nSPS) is 16.0. The number of benzene rings is 2. The van der Waals surface area contributed by atoms with Crippen molar-refractivity contribution in [3.8, 4) is 5.75 Å². The van der Waals surface area contributed by atoms with Gasteiger partial charge in [0.15, 0.2) is 6.61 Å². The molecule has 0 bridgehead atoms. The fourth-order valence-corrected chi connectivity index (χ4v) is 3.03. The van der Waals surface area contributed by atoms with E-state index in [1.165, 1.54) is 0 Å². The summed E-state index contributed by atoms with van der Waals surface area (Å²) >= 11 is 0. The highest BCUT2D eigenvalue weighted by Crippen LogP contribution is 2.31. The molecule has 3 amide bonds. The molecule has 1 heterocycles. The lowest BCUT2D eigenvalue weighted by Gasteiger charge is -2.27. The highest BCUT2D eigenvalue weighted by atomic mass is 16.5. The van der Waals surface area contributed by atoms with Crippen molar-refractivity contribution in [2.75, 3.05) is 23.9 Å². The molecule has 27 heavy (non-hydrogen) atoms. The van der Waals surface area contributed by atoms with E-state index in [1.807, 2.05) is 19.1 Å². The number of carbonyl (C=O) groups excluding carboxylic acids is 3. The van der Waals surface area contributed by atoms with E-state index in [4.69, 9.17) is 4.74 Å². The summed E-state index contributed by atoms with van der Waals surface area (Å²) in [5, 5.41) is 5.37. The number of anilines is 2. The Labute approximate surface area is 157 Å². The molecule has 1 unspecified atom stereocenters. The third-order valence-electron chi connectivity index (χ3n) is 4.33. The summed E-state index contributed by atoms with van der Waals surface area (Å²) in [5.41, 5.74) is 1.77. The lowest BCUT2D eigenvalue weighted by molar-refractivity contribution is -0.121. The third kappa shape index (κ3) is 4.08. The van der Waals surface area contributed by atoms with Crippen LogP contribution in [0.1, 0.15) is 23.7 Å². The second-order valence-electron chi connectivity index (χ2n) is 6.27. The summed E-state index contributed by atoms with van der Waals surface area (Å²) in [6.07, 6.45) is 0.210. The molecule has 0 aliphatic carbocycles. The number of ether oxygens (including phenoxy) is 1. The van der Waals surface area contributed by atoms with Crippen LogP contribution in [0.15, 0.2) is 48.5 Å². The number of nitrogens with zero attached hydrogens (tertiary/aromatic N) is 1. The van der Waals surface area contributed by atoms with Crippen molar-refractivity contribution in [1.29, 1.82) is 0 Å². The van der Waals surface area contributed by atoms with Crippen LogP contribution in [0.2, 0.25) is 0 Å². The molecule has 0 fully saturated rings. The van der Waals surface area contributed by atoms with Gasteiger partial charge in [0.1, 0.15) is 5.75 Å². The summed E-state index contributed by atoms with van der Waals surface area (Å²) in [6, 6.07) is 13.4. The van der Waals surface area contributed by atoms with Crippen molar-refractivity contribution < 1.29 is 19.1 Å². The van der Waals surface area contributed by atoms with Gasteiger partial charge in [-0.25, -0.2) is 0 Å². The van der Waals surface area contributed by atoms with Gasteiger partial charge in [-0.15, -0.1) is 0 Å². The first kappa shape index (κ1) is 18.4. The van der Waals surface area contributed by atoms with Crippen LogP contribution in [0.3, 0.4) is 0 Å². The average molecular weight is 367 g/mol. The summed E-state index contributed by atoms with van der Waals surface area (Å²) in [6.45, 7) is 1.66. The molecule has 1 atom stereocenters. The van der Waals surface area contributed by atoms with Gasteiger partial charge in [-0.3, -0.25) is 14.4 Å². The number of amides is 3. The van der Waals surface area contributed by atoms with Crippen molar-refractivity contribution in [2.45, 2.75) is 19.4 Å². The van der Waals surface area contributed by atoms with Crippen molar-refractivity contribution >= 4 is 29.1 Å². The molecule has 7 heteroatoms. The van der Waals surface area contributed by atoms with E-state index in [1.54, 1.807) is 48.3 Å². The van der Waals surface area contributed by atoms with E-state index < -0.39 is 0 Å². The van der Waals surface area contributed by atoms with Crippen LogP contribution >= 0.6 is 0 Å². The van der Waals surface area contributed by atoms with Crippen LogP contribution in [0.25, 0.3) is 0 Å². The minimum Gasteiger partial charge on any atom is -0.484 e. The Balaban J connectivity index is 1.73. The van der Waals surface area contributed by atoms with E-state index in [0.29, 0.717) is 22.7 Å². The zero-order chi connectivity index (χ0) is 19.4. The molecule has 140 valence electrons. The molecule has 0 radical (unpaired) electrons. The maximum atomic E-state index is 12.8. The first-order valence-electron chi connectivity index (χ1n) is 8.65. The molecular formula is C20H21N3O4. The first-order valence-corrected chi connectivity index (χ1v) is 8.65. The number of carbonyl (C=O) groups is 3. The van der Waals surface area contributed by atoms with E-state index in [0.717, 1.165) is 0 Å². The number of hydrogen-bond donors (Lipinski definition) is 2. The summed E-state index contributed by atoms with van der Waals surface area (Å²) in [7, 11) is 1.56. The van der Waals surface area contributed by atoms with Gasteiger partial charge in [-0.1, -0.05) is 12.1 Å². The zero-order valence-corrected chi connectivity index (χ0v) is 15.2. The Morgan fingerprint density at radius 3 is 2.59 bits per heavy atom. The van der Waals surface area contributed by atoms with Gasteiger partial charge in [0.25, 0.3) is 11.8 Å². The van der Waals surface area contributed by atoms with Gasteiger partial charge in [0.05, 0.1) is 11.4 Å². The molecule has 1 aliphatic heterocycles. The van der Waals surface area contributed by atoms with Crippen LogP contribution in [0.4, 0.5) is 11.4 Å². The Morgan fingerprint density at radius 1 is 1.19 bits per heavy atom. The Morgan fingerprint density at radius 2 is 1.89 bits per heavy atom. The van der Waals surface area contributed by atoms with Crippen LogP contribution in [-0.2, 0) is 9.59 Å². The fourth-order valence-electron chi connectivity index (χ4n) is 3.03. The molecule has 2 aromatic rings. The Bertz CT molecular complexity index is 864. The van der Waals surface area contributed by atoms with Gasteiger partial charge in [-0.2, -0.15) is 0 Å². The van der Waals surface area contributed by atoms with Gasteiger partial charge in [0, 0.05) is 25.1 Å². The molecule has 2 aromatic carbocycles. The largest absolute Gasteiger partial charge is 0.484 e. The topological polar surface area (TPSA) is 87.7 Å². The van der Waals surface area contributed by atoms with Crippen LogP contribution in [0, 0.1) is 0 Å². The van der Waals surface area contributed by atoms with E-state index >= 15 is 0 Å². The molecule has 0 saturated heterocycles. The van der Waals surface area contributed by atoms with Crippen molar-refractivity contribution in [3.05, 3.63) is 54.1 Å². The van der Waals surface area contributed by atoms with E-state index in [9.17, 15) is 14.4 Å². The predicted molar refractivity (Wildman–Crippen MR) is 102 cm³/mol. The van der Waals surface area contributed by atoms with Gasteiger partial charge in [0.2, 0.25) is 5.91 Å². The van der Waals surface area contributed by atoms with E-state index in [2.05, 4.69) is 10.6 Å². The Hall–Kier alpha value is -3.35. The number of rotatable bonds is 4. The first-order chi connectivity index (χ1) is 13.0. The number of nitrogens with one attached hydrogen (secondary N) is 2. The van der Waals surface area contributed by atoms with Gasteiger partial charge < -0.3 is 20.3 Å². The van der Waals surface area contributed by atoms with E-state index in [-0.39, 0.29) is 36.8 Å². The van der Waals surface area contributed by atoms with Crippen LogP contribution < -0.4 is 20.3 Å². The lowest BCUT2D eigenvalue weighted by Crippen LogP contribution is -2.41. The molecular weight excluding hydrogens is 346 g/mol. The highest BCUT2D eigenvalue weighted by molar-refractivity contribution is 6.04. The minimum atomic E-state index is -0.291. The fraction of sp³-hybridized carbons (Fsp3) is 0.250. The van der Waals surface area contributed by atoms with Gasteiger partial charge >= 0.3 is 0 Å². The van der Waals surface area contributed by atoms with Crippen molar-refractivity contribution in [1.82, 2.24) is 5.32 Å². The summed E-state index contributed by atoms with van der Waals surface area (Å²) in [5.74, 6) is -0.0801. The summed E-state index contributed by atoms with van der Waals surface area (Å²) in [4.78, 5) is 38.0. The predicted octanol–water partition coefficient (Wildman–Crippen LogP) is 2.19. The van der Waals surface area contributed by atoms with Crippen LogP contribution in [0.5, 0.6) is 5.75 Å². The second-order valence-corrected chi connectivity index (χ2v) is 6.27. The molecule has 2 N–H and O–H groups in total. The second kappa shape index (κ2) is 7.90. The molecule has 1 aliphatic rings. The summed E-state index contributed by atoms with van der Waals surface area (Å²) < 4.78 is 5.59. The van der Waals surface area contributed by atoms with Crippen LogP contribution in [-0.4, -0.2) is 37.4 Å². The smallest absolute Gasteiger partial charge is 0.265 e. The number of hydrogen-bond acceptors (Lipinski definition) is 4. The molecule has 0 spiro atoms. The number of para-hydroxylation sites is 2. The van der Waals surface area contributed by atoms with Crippen molar-refractivity contribution in [2.24, 2.45) is 0 Å². The van der Waals surface area contributed by atoms with Crippen molar-refractivity contribution in [3.63, 3.8) is 0 Å². The molecule has 7 nitrogen and oxygen atoms in total. The van der Waals surface area contributed by atoms with Gasteiger partial charge in [-0.05, 0) is 43.3 Å². The maximum absolute atomic E-state index is 12.8.